The molecular formula is C15H12ClFN2O3S. The third-order valence-corrected chi connectivity index (χ3v) is 5.28. The number of anilines is 2. The van der Waals surface area contributed by atoms with Crippen LogP contribution in [0.5, 0.6) is 0 Å². The summed E-state index contributed by atoms with van der Waals surface area (Å²) in [6.07, 6.45) is 0.164. The number of carbonyl (C=O) groups is 1. The quantitative estimate of drug-likeness (QED) is 0.921. The molecule has 0 bridgehead atoms. The topological polar surface area (TPSA) is 66.5 Å². The summed E-state index contributed by atoms with van der Waals surface area (Å²) in [6, 6.07) is 8.02. The van der Waals surface area contributed by atoms with Crippen LogP contribution in [-0.4, -0.2) is 21.4 Å². The van der Waals surface area contributed by atoms with Crippen molar-refractivity contribution in [2.45, 2.75) is 11.3 Å². The van der Waals surface area contributed by atoms with Crippen molar-refractivity contribution >= 4 is 38.9 Å². The molecule has 0 unspecified atom stereocenters. The molecule has 3 rings (SSSR count). The lowest BCUT2D eigenvalue weighted by atomic mass is 10.2. The van der Waals surface area contributed by atoms with Gasteiger partial charge in [0.2, 0.25) is 5.91 Å². The zero-order chi connectivity index (χ0) is 16.8. The Morgan fingerprint density at radius 1 is 1.22 bits per heavy atom. The molecule has 1 heterocycles. The molecule has 2 aromatic carbocycles. The second-order valence-corrected chi connectivity index (χ2v) is 7.24. The van der Waals surface area contributed by atoms with Crippen molar-refractivity contribution in [1.29, 1.82) is 0 Å². The number of hydrogen-bond acceptors (Lipinski definition) is 3. The molecule has 0 saturated heterocycles. The summed E-state index contributed by atoms with van der Waals surface area (Å²) in [5, 5.41) is -0.175. The van der Waals surface area contributed by atoms with Gasteiger partial charge in [-0.25, -0.2) is 12.8 Å². The zero-order valence-corrected chi connectivity index (χ0v) is 13.6. The minimum Gasteiger partial charge on any atom is -0.315 e. The molecule has 1 aliphatic rings. The van der Waals surface area contributed by atoms with Crippen molar-refractivity contribution in [2.24, 2.45) is 0 Å². The molecule has 1 aliphatic heterocycles. The maximum Gasteiger partial charge on any atom is 0.261 e. The van der Waals surface area contributed by atoms with Crippen LogP contribution in [-0.2, 0) is 21.2 Å². The van der Waals surface area contributed by atoms with Crippen molar-refractivity contribution in [3.8, 4) is 0 Å². The van der Waals surface area contributed by atoms with E-state index in [1.807, 2.05) is 0 Å². The number of rotatable bonds is 3. The van der Waals surface area contributed by atoms with Gasteiger partial charge >= 0.3 is 0 Å². The molecule has 8 heteroatoms. The van der Waals surface area contributed by atoms with Crippen LogP contribution in [0, 0.1) is 5.82 Å². The Morgan fingerprint density at radius 3 is 2.65 bits per heavy atom. The minimum absolute atomic E-state index is 0.0276. The number of nitrogens with one attached hydrogen (secondary N) is 1. The molecule has 0 saturated carbocycles. The van der Waals surface area contributed by atoms with E-state index in [1.54, 1.807) is 13.1 Å². The maximum absolute atomic E-state index is 13.1. The van der Waals surface area contributed by atoms with Crippen LogP contribution in [0.2, 0.25) is 5.02 Å². The molecule has 120 valence electrons. The van der Waals surface area contributed by atoms with Crippen molar-refractivity contribution in [3.05, 3.63) is 52.8 Å². The van der Waals surface area contributed by atoms with E-state index in [4.69, 9.17) is 11.6 Å². The van der Waals surface area contributed by atoms with E-state index >= 15 is 0 Å². The molecule has 1 N–H and O–H groups in total. The van der Waals surface area contributed by atoms with Crippen LogP contribution in [0.15, 0.2) is 41.3 Å². The van der Waals surface area contributed by atoms with Gasteiger partial charge in [0, 0.05) is 12.7 Å². The van der Waals surface area contributed by atoms with E-state index in [2.05, 4.69) is 4.72 Å². The average molecular weight is 355 g/mol. The minimum atomic E-state index is -3.86. The second-order valence-electron chi connectivity index (χ2n) is 5.15. The molecule has 1 amide bonds. The molecule has 0 atom stereocenters. The molecule has 0 aromatic heterocycles. The molecule has 2 aromatic rings. The lowest BCUT2D eigenvalue weighted by Gasteiger charge is -2.12. The van der Waals surface area contributed by atoms with E-state index in [0.717, 1.165) is 6.07 Å². The van der Waals surface area contributed by atoms with Gasteiger partial charge in [-0.15, -0.1) is 0 Å². The smallest absolute Gasteiger partial charge is 0.261 e. The number of halogens is 2. The highest BCUT2D eigenvalue weighted by Crippen LogP contribution is 2.30. The van der Waals surface area contributed by atoms with Gasteiger partial charge in [-0.2, -0.15) is 0 Å². The van der Waals surface area contributed by atoms with Gasteiger partial charge < -0.3 is 4.90 Å². The van der Waals surface area contributed by atoms with Gasteiger partial charge in [-0.3, -0.25) is 9.52 Å². The summed E-state index contributed by atoms with van der Waals surface area (Å²) in [6.45, 7) is 0. The van der Waals surface area contributed by atoms with Gasteiger partial charge in [-0.1, -0.05) is 11.6 Å². The first-order valence-electron chi connectivity index (χ1n) is 6.65. The number of amides is 1. The molecule has 0 aliphatic carbocycles. The SMILES string of the molecule is CN1C(=O)Cc2cc(S(=O)(=O)Nc3ccc(F)c(Cl)c3)ccc21. The molecule has 0 fully saturated rings. The van der Waals surface area contributed by atoms with E-state index < -0.39 is 15.8 Å². The number of carbonyl (C=O) groups excluding carboxylic acids is 1. The summed E-state index contributed by atoms with van der Waals surface area (Å²) < 4.78 is 40.3. The fourth-order valence-corrected chi connectivity index (χ4v) is 3.67. The zero-order valence-electron chi connectivity index (χ0n) is 12.0. The first-order chi connectivity index (χ1) is 10.8. The molecule has 23 heavy (non-hydrogen) atoms. The monoisotopic (exact) mass is 354 g/mol. The summed E-state index contributed by atoms with van der Waals surface area (Å²) in [5.74, 6) is -0.721. The number of hydrogen-bond donors (Lipinski definition) is 1. The molecule has 5 nitrogen and oxygen atoms in total. The molecular weight excluding hydrogens is 343 g/mol. The third-order valence-electron chi connectivity index (χ3n) is 3.61. The van der Waals surface area contributed by atoms with E-state index in [0.29, 0.717) is 11.3 Å². The number of benzene rings is 2. The Labute approximate surface area is 137 Å². The first-order valence-corrected chi connectivity index (χ1v) is 8.51. The normalized spacial score (nSPS) is 14.0. The fraction of sp³-hybridized carbons (Fsp3) is 0.133. The van der Waals surface area contributed by atoms with Gasteiger partial charge in [0.15, 0.2) is 0 Å². The number of fused-ring (bicyclic) bond motifs is 1. The van der Waals surface area contributed by atoms with Crippen LogP contribution in [0.4, 0.5) is 15.8 Å². The lowest BCUT2D eigenvalue weighted by Crippen LogP contribution is -2.20. The number of sulfonamides is 1. The highest BCUT2D eigenvalue weighted by molar-refractivity contribution is 7.92. The summed E-state index contributed by atoms with van der Waals surface area (Å²) in [7, 11) is -2.22. The van der Waals surface area contributed by atoms with Gasteiger partial charge in [0.1, 0.15) is 5.82 Å². The lowest BCUT2D eigenvalue weighted by molar-refractivity contribution is -0.117. The maximum atomic E-state index is 13.1. The van der Waals surface area contributed by atoms with E-state index in [-0.39, 0.29) is 27.9 Å². The van der Waals surface area contributed by atoms with Crippen LogP contribution < -0.4 is 9.62 Å². The van der Waals surface area contributed by atoms with Crippen molar-refractivity contribution < 1.29 is 17.6 Å². The first kappa shape index (κ1) is 15.8. The highest BCUT2D eigenvalue weighted by atomic mass is 35.5. The number of nitrogens with zero attached hydrogens (tertiary/aromatic N) is 1. The Kier molecular flexibility index (Phi) is 3.77. The largest absolute Gasteiger partial charge is 0.315 e. The Morgan fingerprint density at radius 2 is 1.96 bits per heavy atom. The van der Waals surface area contributed by atoms with Crippen LogP contribution in [0.25, 0.3) is 0 Å². The number of likely N-dealkylation sites (N-methyl/N-ethyl adjacent to an activating group) is 1. The van der Waals surface area contributed by atoms with Crippen molar-refractivity contribution in [3.63, 3.8) is 0 Å². The Balaban J connectivity index is 1.93. The molecule has 0 radical (unpaired) electrons. The summed E-state index contributed by atoms with van der Waals surface area (Å²) in [5.41, 5.74) is 1.50. The van der Waals surface area contributed by atoms with Gasteiger partial charge in [-0.05, 0) is 42.0 Å². The predicted molar refractivity (Wildman–Crippen MR) is 85.8 cm³/mol. The molecule has 0 spiro atoms. The second kappa shape index (κ2) is 5.50. The highest BCUT2D eigenvalue weighted by Gasteiger charge is 2.26. The predicted octanol–water partition coefficient (Wildman–Crippen LogP) is 2.80. The van der Waals surface area contributed by atoms with Crippen LogP contribution in [0.1, 0.15) is 5.56 Å². The van der Waals surface area contributed by atoms with Crippen LogP contribution >= 0.6 is 11.6 Å². The van der Waals surface area contributed by atoms with Gasteiger partial charge in [0.05, 0.1) is 22.0 Å². The fourth-order valence-electron chi connectivity index (χ4n) is 2.39. The Hall–Kier alpha value is -2.12. The third kappa shape index (κ3) is 2.89. The standard InChI is InChI=1S/C15H12ClFN2O3S/c1-19-14-5-3-11(6-9(14)7-15(19)20)23(21,22)18-10-2-4-13(17)12(16)8-10/h2-6,8,18H,7H2,1H3. The van der Waals surface area contributed by atoms with E-state index in [1.165, 1.54) is 29.2 Å². The van der Waals surface area contributed by atoms with Gasteiger partial charge in [0.25, 0.3) is 10.0 Å². The van der Waals surface area contributed by atoms with E-state index in [9.17, 15) is 17.6 Å². The summed E-state index contributed by atoms with van der Waals surface area (Å²) >= 11 is 5.64. The van der Waals surface area contributed by atoms with Crippen molar-refractivity contribution in [1.82, 2.24) is 0 Å². The summed E-state index contributed by atoms with van der Waals surface area (Å²) in [4.78, 5) is 13.2. The van der Waals surface area contributed by atoms with Crippen LogP contribution in [0.3, 0.4) is 0 Å². The Bertz CT molecular complexity index is 915. The average Bonchev–Trinajstić information content (AvgIpc) is 2.77. The van der Waals surface area contributed by atoms with Crippen molar-refractivity contribution in [2.75, 3.05) is 16.7 Å².